The van der Waals surface area contributed by atoms with Crippen molar-refractivity contribution < 1.29 is 4.74 Å². The Kier molecular flexibility index (Phi) is 3.01. The van der Waals surface area contributed by atoms with E-state index in [1.165, 1.54) is 7.05 Å². The third-order valence-electron chi connectivity index (χ3n) is 2.52. The van der Waals surface area contributed by atoms with Crippen LogP contribution in [0.1, 0.15) is 5.69 Å². The number of anilines is 1. The number of hydrogen-bond acceptors (Lipinski definition) is 4. The van der Waals surface area contributed by atoms with Gasteiger partial charge in [0.05, 0.1) is 24.8 Å². The van der Waals surface area contributed by atoms with Crippen LogP contribution in [0.3, 0.4) is 0 Å². The van der Waals surface area contributed by atoms with Crippen LogP contribution in [0.25, 0.3) is 5.69 Å². The summed E-state index contributed by atoms with van der Waals surface area (Å²) in [6, 6.07) is 5.29. The summed E-state index contributed by atoms with van der Waals surface area (Å²) in [4.78, 5) is 4.16. The van der Waals surface area contributed by atoms with Crippen LogP contribution in [0.5, 0.6) is 5.75 Å². The zero-order chi connectivity index (χ0) is 12.4. The number of hydrogen-bond donors (Lipinski definition) is 0. The highest BCUT2D eigenvalue weighted by Gasteiger charge is 2.06. The Morgan fingerprint density at radius 2 is 2.18 bits per heavy atom. The van der Waals surface area contributed by atoms with Gasteiger partial charge in [0, 0.05) is 18.0 Å². The first-order chi connectivity index (χ1) is 8.11. The number of benzene rings is 1. The molecular formula is C12H14N3O2-. The molecule has 0 spiro atoms. The van der Waals surface area contributed by atoms with Gasteiger partial charge in [0.2, 0.25) is 0 Å². The highest BCUT2D eigenvalue weighted by molar-refractivity contribution is 5.59. The lowest BCUT2D eigenvalue weighted by atomic mass is 10.2. The molecule has 0 aliphatic carbocycles. The summed E-state index contributed by atoms with van der Waals surface area (Å²) in [5.41, 5.74) is 2.35. The zero-order valence-electron chi connectivity index (χ0n) is 10.0. The molecule has 1 aromatic heterocycles. The van der Waals surface area contributed by atoms with Gasteiger partial charge in [-0.2, -0.15) is 0 Å². The lowest BCUT2D eigenvalue weighted by Gasteiger charge is -2.25. The summed E-state index contributed by atoms with van der Waals surface area (Å²) in [5.74, 6) is 0.641. The van der Waals surface area contributed by atoms with Crippen LogP contribution in [-0.4, -0.2) is 23.7 Å². The first-order valence-electron chi connectivity index (χ1n) is 5.21. The fourth-order valence-electron chi connectivity index (χ4n) is 1.63. The third kappa shape index (κ3) is 2.24. The van der Waals surface area contributed by atoms with Gasteiger partial charge in [0.15, 0.2) is 0 Å². The zero-order valence-corrected chi connectivity index (χ0v) is 10.0. The summed E-state index contributed by atoms with van der Waals surface area (Å²) < 4.78 is 7.15. The minimum Gasteiger partial charge on any atom is -0.758 e. The molecule has 17 heavy (non-hydrogen) atoms. The van der Waals surface area contributed by atoms with Gasteiger partial charge in [0.25, 0.3) is 0 Å². The van der Waals surface area contributed by atoms with Crippen LogP contribution in [-0.2, 0) is 0 Å². The van der Waals surface area contributed by atoms with E-state index in [4.69, 9.17) is 4.74 Å². The summed E-state index contributed by atoms with van der Waals surface area (Å²) in [6.45, 7) is 1.92. The number of ether oxygens (including phenoxy) is 1. The van der Waals surface area contributed by atoms with Crippen LogP contribution in [0.2, 0.25) is 0 Å². The third-order valence-corrected chi connectivity index (χ3v) is 2.52. The number of hydroxylamine groups is 1. The fraction of sp³-hybridized carbons (Fsp3) is 0.250. The van der Waals surface area contributed by atoms with Gasteiger partial charge in [-0.15, -0.1) is 0 Å². The van der Waals surface area contributed by atoms with Gasteiger partial charge < -0.3 is 19.6 Å². The van der Waals surface area contributed by atoms with Crippen molar-refractivity contribution in [2.24, 2.45) is 0 Å². The van der Waals surface area contributed by atoms with Crippen LogP contribution in [0.4, 0.5) is 5.69 Å². The summed E-state index contributed by atoms with van der Waals surface area (Å²) in [5, 5.41) is 12.0. The Bertz CT molecular complexity index is 520. The lowest BCUT2D eigenvalue weighted by molar-refractivity contribution is 0.413. The van der Waals surface area contributed by atoms with E-state index in [0.717, 1.165) is 16.4 Å². The average molecular weight is 232 g/mol. The van der Waals surface area contributed by atoms with Crippen molar-refractivity contribution in [1.29, 1.82) is 0 Å². The molecule has 5 nitrogen and oxygen atoms in total. The maximum Gasteiger partial charge on any atom is 0.144 e. The molecule has 0 radical (unpaired) electrons. The topological polar surface area (TPSA) is 53.4 Å². The van der Waals surface area contributed by atoms with Crippen molar-refractivity contribution in [3.05, 3.63) is 41.6 Å². The second-order valence-corrected chi connectivity index (χ2v) is 3.78. The number of aryl methyl sites for hydroxylation is 1. The quantitative estimate of drug-likeness (QED) is 0.761. The Balaban J connectivity index is 2.48. The molecule has 5 heteroatoms. The molecule has 0 aliphatic rings. The molecule has 2 rings (SSSR count). The van der Waals surface area contributed by atoms with E-state index in [2.05, 4.69) is 4.98 Å². The van der Waals surface area contributed by atoms with Crippen LogP contribution in [0.15, 0.2) is 30.7 Å². The monoisotopic (exact) mass is 232 g/mol. The first kappa shape index (κ1) is 11.5. The van der Waals surface area contributed by atoms with Gasteiger partial charge in [-0.25, -0.2) is 4.98 Å². The number of imidazole rings is 1. The smallest absolute Gasteiger partial charge is 0.144 e. The molecule has 0 bridgehead atoms. The van der Waals surface area contributed by atoms with E-state index in [1.807, 2.05) is 23.8 Å². The maximum atomic E-state index is 11.2. The van der Waals surface area contributed by atoms with Crippen LogP contribution >= 0.6 is 0 Å². The fourth-order valence-corrected chi connectivity index (χ4v) is 1.63. The van der Waals surface area contributed by atoms with Crippen molar-refractivity contribution in [3.63, 3.8) is 0 Å². The molecule has 0 atom stereocenters. The van der Waals surface area contributed by atoms with E-state index < -0.39 is 0 Å². The molecule has 0 amide bonds. The Morgan fingerprint density at radius 3 is 2.71 bits per heavy atom. The van der Waals surface area contributed by atoms with Crippen molar-refractivity contribution >= 4 is 5.69 Å². The lowest BCUT2D eigenvalue weighted by Crippen LogP contribution is -2.06. The minimum absolute atomic E-state index is 0.558. The molecule has 1 aromatic carbocycles. The van der Waals surface area contributed by atoms with Crippen LogP contribution < -0.4 is 9.80 Å². The molecular weight excluding hydrogens is 218 g/mol. The molecule has 90 valence electrons. The summed E-state index contributed by atoms with van der Waals surface area (Å²) in [6.07, 6.45) is 3.62. The maximum absolute atomic E-state index is 11.2. The van der Waals surface area contributed by atoms with Gasteiger partial charge in [-0.05, 0) is 26.1 Å². The Labute approximate surface area is 99.8 Å². The van der Waals surface area contributed by atoms with E-state index in [1.54, 1.807) is 25.6 Å². The number of methoxy groups -OCH3 is 1. The van der Waals surface area contributed by atoms with Crippen molar-refractivity contribution in [1.82, 2.24) is 9.55 Å². The van der Waals surface area contributed by atoms with E-state index in [-0.39, 0.29) is 0 Å². The molecule has 0 saturated carbocycles. The first-order valence-corrected chi connectivity index (χ1v) is 5.21. The largest absolute Gasteiger partial charge is 0.758 e. The van der Waals surface area contributed by atoms with Gasteiger partial charge in [0.1, 0.15) is 5.75 Å². The molecule has 2 aromatic rings. The second-order valence-electron chi connectivity index (χ2n) is 3.78. The molecule has 0 N–H and O–H groups in total. The predicted molar refractivity (Wildman–Crippen MR) is 66.6 cm³/mol. The normalized spacial score (nSPS) is 10.4. The molecule has 0 saturated heterocycles. The predicted octanol–water partition coefficient (Wildman–Crippen LogP) is 2.12. The Hall–Kier alpha value is -2.01. The van der Waals surface area contributed by atoms with Crippen molar-refractivity contribution in [2.75, 3.05) is 19.2 Å². The second kappa shape index (κ2) is 4.47. The highest BCUT2D eigenvalue weighted by Crippen LogP contribution is 2.27. The number of aromatic nitrogens is 2. The molecule has 0 aliphatic heterocycles. The van der Waals surface area contributed by atoms with Crippen LogP contribution in [0, 0.1) is 12.1 Å². The highest BCUT2D eigenvalue weighted by atomic mass is 16.5. The number of nitrogens with zero attached hydrogens (tertiary/aromatic N) is 3. The van der Waals surface area contributed by atoms with Crippen molar-refractivity contribution in [3.8, 4) is 11.4 Å². The standard InChI is InChI=1S/C12H14N3O2/c1-9-7-15(8-13-9)11-5-4-10(14(2)16)6-12(11)17-3/h4-8H,1-3H3/q-1. The minimum atomic E-state index is 0.558. The molecule has 0 unspecified atom stereocenters. The summed E-state index contributed by atoms with van der Waals surface area (Å²) >= 11 is 0. The number of rotatable bonds is 3. The van der Waals surface area contributed by atoms with Gasteiger partial charge in [-0.3, -0.25) is 0 Å². The molecule has 0 fully saturated rings. The summed E-state index contributed by atoms with van der Waals surface area (Å²) in [7, 11) is 3.03. The van der Waals surface area contributed by atoms with Gasteiger partial charge >= 0.3 is 0 Å². The molecule has 1 heterocycles. The Morgan fingerprint density at radius 1 is 1.41 bits per heavy atom. The average Bonchev–Trinajstić information content (AvgIpc) is 2.74. The SMILES string of the molecule is COc1cc(N(C)[O-])ccc1-n1cnc(C)c1. The van der Waals surface area contributed by atoms with Crippen molar-refractivity contribution in [2.45, 2.75) is 6.92 Å². The van der Waals surface area contributed by atoms with E-state index >= 15 is 0 Å². The van der Waals surface area contributed by atoms with E-state index in [0.29, 0.717) is 11.4 Å². The van der Waals surface area contributed by atoms with Gasteiger partial charge in [-0.1, -0.05) is 0 Å². The van der Waals surface area contributed by atoms with E-state index in [9.17, 15) is 5.21 Å².